The fourth-order valence-electron chi connectivity index (χ4n) is 2.76. The molecule has 1 amide bonds. The average molecular weight is 384 g/mol. The molecule has 0 aliphatic rings. The van der Waals surface area contributed by atoms with Gasteiger partial charge in [0.1, 0.15) is 0 Å². The molecule has 9 heteroatoms. The van der Waals surface area contributed by atoms with Crippen molar-refractivity contribution in [3.8, 4) is 11.8 Å². The van der Waals surface area contributed by atoms with Gasteiger partial charge < -0.3 is 9.64 Å². The third-order valence-electron chi connectivity index (χ3n) is 3.94. The minimum atomic E-state index is -4.47. The number of amides is 1. The lowest BCUT2D eigenvalue weighted by molar-refractivity contribution is -0.137. The minimum Gasteiger partial charge on any atom is -0.419 e. The summed E-state index contributed by atoms with van der Waals surface area (Å²) in [6.07, 6.45) is -3.77. The van der Waals surface area contributed by atoms with Gasteiger partial charge >= 0.3 is 12.2 Å². The van der Waals surface area contributed by atoms with E-state index >= 15 is 0 Å². The maximum atomic E-state index is 12.8. The van der Waals surface area contributed by atoms with Gasteiger partial charge in [0.2, 0.25) is 11.8 Å². The van der Waals surface area contributed by atoms with E-state index in [4.69, 9.17) is 4.74 Å². The molecule has 0 spiro atoms. The molecule has 0 aliphatic heterocycles. The first-order chi connectivity index (χ1) is 12.4. The van der Waals surface area contributed by atoms with E-state index in [-0.39, 0.29) is 35.4 Å². The van der Waals surface area contributed by atoms with Crippen LogP contribution >= 0.6 is 0 Å². The van der Waals surface area contributed by atoms with Gasteiger partial charge in [-0.3, -0.25) is 0 Å². The number of halogens is 3. The summed E-state index contributed by atoms with van der Waals surface area (Å²) < 4.78 is 44.9. The predicted molar refractivity (Wildman–Crippen MR) is 93.9 cm³/mol. The van der Waals surface area contributed by atoms with Crippen molar-refractivity contribution in [2.45, 2.75) is 59.8 Å². The van der Waals surface area contributed by atoms with Crippen LogP contribution in [0.25, 0.3) is 0 Å². The Bertz CT molecular complexity index is 820. The molecule has 0 N–H and O–H groups in total. The van der Waals surface area contributed by atoms with Crippen LogP contribution in [-0.2, 0) is 6.18 Å². The molecule has 0 bridgehead atoms. The topological polar surface area (TPSA) is 60.3 Å². The molecule has 27 heavy (non-hydrogen) atoms. The van der Waals surface area contributed by atoms with Gasteiger partial charge in [0.25, 0.3) is 0 Å². The number of carbonyl (C=O) groups is 1. The first-order valence-electron chi connectivity index (χ1n) is 8.52. The van der Waals surface area contributed by atoms with E-state index in [2.05, 4.69) is 10.1 Å². The van der Waals surface area contributed by atoms with Crippen molar-refractivity contribution in [1.29, 1.82) is 0 Å². The number of carbonyl (C=O) groups excluding carboxylic acids is 1. The van der Waals surface area contributed by atoms with Crippen LogP contribution in [0, 0.1) is 13.8 Å². The number of ether oxygens (including phenoxy) is 1. The van der Waals surface area contributed by atoms with Crippen molar-refractivity contribution in [2.24, 2.45) is 0 Å². The van der Waals surface area contributed by atoms with Gasteiger partial charge in [-0.25, -0.2) is 9.78 Å². The van der Waals surface area contributed by atoms with E-state index in [1.54, 1.807) is 11.8 Å². The SMILES string of the molecule is Cc1cc(C(F)(F)F)cnc1Oc1cc(C)n(C(=O)N(C(C)C)C(C)C)n1. The van der Waals surface area contributed by atoms with Crippen LogP contribution in [0.15, 0.2) is 18.3 Å². The molecule has 0 saturated carbocycles. The van der Waals surface area contributed by atoms with Crippen molar-refractivity contribution < 1.29 is 22.7 Å². The number of hydrogen-bond acceptors (Lipinski definition) is 4. The Morgan fingerprint density at radius 2 is 1.74 bits per heavy atom. The average Bonchev–Trinajstić information content (AvgIpc) is 2.88. The fourth-order valence-corrected chi connectivity index (χ4v) is 2.76. The minimum absolute atomic E-state index is 0.00433. The van der Waals surface area contributed by atoms with Crippen LogP contribution in [0.1, 0.15) is 44.5 Å². The first-order valence-corrected chi connectivity index (χ1v) is 8.52. The second-order valence-electron chi connectivity index (χ2n) is 6.86. The number of nitrogens with zero attached hydrogens (tertiary/aromatic N) is 4. The predicted octanol–water partition coefficient (Wildman–Crippen LogP) is 4.79. The lowest BCUT2D eigenvalue weighted by Gasteiger charge is -2.30. The molecule has 0 fully saturated rings. The summed E-state index contributed by atoms with van der Waals surface area (Å²) in [5.74, 6) is 0.0911. The summed E-state index contributed by atoms with van der Waals surface area (Å²) in [4.78, 5) is 18.2. The quantitative estimate of drug-likeness (QED) is 0.760. The third-order valence-corrected chi connectivity index (χ3v) is 3.94. The standard InChI is InChI=1S/C18H23F3N4O2/c1-10(2)24(11(3)4)17(26)25-13(6)8-15(23-25)27-16-12(5)7-14(9-22-16)18(19,20)21/h7-11H,1-6H3. The number of aromatic nitrogens is 3. The number of pyridine rings is 1. The van der Waals surface area contributed by atoms with Crippen LogP contribution in [0.2, 0.25) is 0 Å². The fraction of sp³-hybridized carbons (Fsp3) is 0.500. The molecule has 2 rings (SSSR count). The molecule has 2 heterocycles. The van der Waals surface area contributed by atoms with Crippen LogP contribution in [0.3, 0.4) is 0 Å². The van der Waals surface area contributed by atoms with Gasteiger partial charge in [0.05, 0.1) is 11.3 Å². The van der Waals surface area contributed by atoms with Crippen molar-refractivity contribution in [3.63, 3.8) is 0 Å². The molecule has 0 aliphatic carbocycles. The van der Waals surface area contributed by atoms with Crippen molar-refractivity contribution in [1.82, 2.24) is 19.7 Å². The monoisotopic (exact) mass is 384 g/mol. The van der Waals surface area contributed by atoms with Gasteiger partial charge in [0, 0.05) is 29.9 Å². The summed E-state index contributed by atoms with van der Waals surface area (Å²) in [6, 6.07) is 2.14. The lowest BCUT2D eigenvalue weighted by Crippen LogP contribution is -2.45. The molecule has 0 radical (unpaired) electrons. The summed E-state index contributed by atoms with van der Waals surface area (Å²) in [5, 5.41) is 4.14. The van der Waals surface area contributed by atoms with E-state index in [1.807, 2.05) is 27.7 Å². The maximum Gasteiger partial charge on any atom is 0.417 e. The van der Waals surface area contributed by atoms with Gasteiger partial charge in [-0.1, -0.05) is 0 Å². The summed E-state index contributed by atoms with van der Waals surface area (Å²) in [6.45, 7) is 10.8. The highest BCUT2D eigenvalue weighted by Gasteiger charge is 2.31. The second kappa shape index (κ2) is 7.58. The number of rotatable bonds is 4. The van der Waals surface area contributed by atoms with Gasteiger partial charge in [-0.2, -0.15) is 17.9 Å². The van der Waals surface area contributed by atoms with E-state index in [0.717, 1.165) is 6.07 Å². The summed E-state index contributed by atoms with van der Waals surface area (Å²) in [7, 11) is 0. The van der Waals surface area contributed by atoms with Gasteiger partial charge in [0.15, 0.2) is 0 Å². The van der Waals surface area contributed by atoms with Crippen LogP contribution < -0.4 is 4.74 Å². The Morgan fingerprint density at radius 1 is 1.15 bits per heavy atom. The molecule has 6 nitrogen and oxygen atoms in total. The number of alkyl halides is 3. The summed E-state index contributed by atoms with van der Waals surface area (Å²) in [5.41, 5.74) is -0.0889. The molecule has 148 valence electrons. The molecule has 0 aromatic carbocycles. The second-order valence-corrected chi connectivity index (χ2v) is 6.86. The number of aryl methyl sites for hydroxylation is 2. The molecule has 0 unspecified atom stereocenters. The van der Waals surface area contributed by atoms with Crippen molar-refractivity contribution in [2.75, 3.05) is 0 Å². The largest absolute Gasteiger partial charge is 0.419 e. The van der Waals surface area contributed by atoms with E-state index in [9.17, 15) is 18.0 Å². The highest BCUT2D eigenvalue weighted by molar-refractivity contribution is 5.77. The lowest BCUT2D eigenvalue weighted by atomic mass is 10.2. The molecular formula is C18H23F3N4O2. The Kier molecular flexibility index (Phi) is 5.82. The zero-order valence-electron chi connectivity index (χ0n) is 16.1. The molecule has 2 aromatic rings. The Balaban J connectivity index is 2.28. The Labute approximate surface area is 155 Å². The molecule has 0 saturated heterocycles. The van der Waals surface area contributed by atoms with Crippen molar-refractivity contribution in [3.05, 3.63) is 35.2 Å². The molecular weight excluding hydrogens is 361 g/mol. The highest BCUT2D eigenvalue weighted by Crippen LogP contribution is 2.32. The van der Waals surface area contributed by atoms with E-state index in [1.165, 1.54) is 17.7 Å². The molecule has 0 atom stereocenters. The molecule has 2 aromatic heterocycles. The Hall–Kier alpha value is -2.58. The smallest absolute Gasteiger partial charge is 0.417 e. The Morgan fingerprint density at radius 3 is 2.22 bits per heavy atom. The van der Waals surface area contributed by atoms with Crippen molar-refractivity contribution >= 4 is 6.03 Å². The third kappa shape index (κ3) is 4.58. The van der Waals surface area contributed by atoms with Crippen LogP contribution in [0.4, 0.5) is 18.0 Å². The van der Waals surface area contributed by atoms with Gasteiger partial charge in [-0.05, 0) is 47.6 Å². The summed E-state index contributed by atoms with van der Waals surface area (Å²) >= 11 is 0. The highest BCUT2D eigenvalue weighted by atomic mass is 19.4. The first kappa shape index (κ1) is 20.7. The maximum absolute atomic E-state index is 12.8. The zero-order chi connectivity index (χ0) is 20.5. The van der Waals surface area contributed by atoms with E-state index in [0.29, 0.717) is 11.9 Å². The zero-order valence-corrected chi connectivity index (χ0v) is 16.1. The van der Waals surface area contributed by atoms with Crippen LogP contribution in [-0.4, -0.2) is 37.8 Å². The van der Waals surface area contributed by atoms with E-state index < -0.39 is 11.7 Å². The number of hydrogen-bond donors (Lipinski definition) is 0. The van der Waals surface area contributed by atoms with Crippen LogP contribution in [0.5, 0.6) is 11.8 Å². The van der Waals surface area contributed by atoms with Gasteiger partial charge in [-0.15, -0.1) is 5.10 Å². The normalized spacial score (nSPS) is 12.0.